The minimum Gasteiger partial charge on any atom is -0.399 e. The highest BCUT2D eigenvalue weighted by atomic mass is 31.1. The molecular weight excluding hydrogens is 274 g/mol. The molecule has 0 spiro atoms. The van der Waals surface area contributed by atoms with E-state index in [9.17, 15) is 5.11 Å². The third kappa shape index (κ3) is 4.26. The summed E-state index contributed by atoms with van der Waals surface area (Å²) < 4.78 is 0. The van der Waals surface area contributed by atoms with Crippen LogP contribution in [0.25, 0.3) is 0 Å². The lowest BCUT2D eigenvalue weighted by Crippen LogP contribution is -2.39. The summed E-state index contributed by atoms with van der Waals surface area (Å²) in [6.45, 7) is 0. The van der Waals surface area contributed by atoms with Gasteiger partial charge in [0.2, 0.25) is 0 Å². The zero-order valence-electron chi connectivity index (χ0n) is 14.0. The van der Waals surface area contributed by atoms with Gasteiger partial charge in [0.1, 0.15) is 7.85 Å². The van der Waals surface area contributed by atoms with Gasteiger partial charge in [-0.25, -0.2) is 0 Å². The molecule has 0 aromatic heterocycles. The molecule has 3 fully saturated rings. The number of rotatable bonds is 3. The Morgan fingerprint density at radius 1 is 0.714 bits per heavy atom. The fourth-order valence-corrected chi connectivity index (χ4v) is 10.1. The first-order valence-electron chi connectivity index (χ1n) is 9.65. The molecule has 0 heterocycles. The van der Waals surface area contributed by atoms with E-state index in [-0.39, 0.29) is 13.4 Å². The lowest BCUT2D eigenvalue weighted by Gasteiger charge is -2.47. The quantitative estimate of drug-likeness (QED) is 0.605. The molecule has 1 nitrogen and oxygen atoms in total. The van der Waals surface area contributed by atoms with Crippen LogP contribution >= 0.6 is 7.92 Å². The molecule has 3 heteroatoms. The first-order chi connectivity index (χ1) is 10.2. The Balaban J connectivity index is 1.73. The highest BCUT2D eigenvalue weighted by Crippen LogP contribution is 2.62. The predicted molar refractivity (Wildman–Crippen MR) is 96.4 cm³/mol. The van der Waals surface area contributed by atoms with E-state index < -0.39 is 0 Å². The molecule has 21 heavy (non-hydrogen) atoms. The molecule has 3 saturated carbocycles. The highest BCUT2D eigenvalue weighted by molar-refractivity contribution is 7.60. The topological polar surface area (TPSA) is 20.2 Å². The van der Waals surface area contributed by atoms with Crippen LogP contribution in [0, 0.1) is 0 Å². The zero-order chi connectivity index (χ0) is 14.7. The monoisotopic (exact) mass is 308 g/mol. The first-order valence-corrected chi connectivity index (χ1v) is 11.2. The molecule has 3 aliphatic carbocycles. The maximum atomic E-state index is 10.6. The molecule has 0 saturated heterocycles. The summed E-state index contributed by atoms with van der Waals surface area (Å²) in [6, 6.07) is 0. The van der Waals surface area contributed by atoms with Gasteiger partial charge in [0.05, 0.1) is 0 Å². The van der Waals surface area contributed by atoms with Gasteiger partial charge >= 0.3 is 0 Å². The average molecular weight is 308 g/mol. The smallest absolute Gasteiger partial charge is 0.142 e. The SMILES string of the molecule is BC1(O)CCCC(P(C2CCCCC2)C2CCCCC2)C1. The maximum absolute atomic E-state index is 10.6. The van der Waals surface area contributed by atoms with Crippen LogP contribution in [0.2, 0.25) is 0 Å². The minimum absolute atomic E-state index is 0.166. The Morgan fingerprint density at radius 2 is 1.19 bits per heavy atom. The summed E-state index contributed by atoms with van der Waals surface area (Å²) in [4.78, 5) is 0. The summed E-state index contributed by atoms with van der Waals surface area (Å²) in [5.74, 6) is 0. The highest BCUT2D eigenvalue weighted by Gasteiger charge is 2.40. The Morgan fingerprint density at radius 3 is 1.67 bits per heavy atom. The summed E-state index contributed by atoms with van der Waals surface area (Å²) in [5.41, 5.74) is 2.63. The molecule has 120 valence electrons. The van der Waals surface area contributed by atoms with Crippen LogP contribution in [0.4, 0.5) is 0 Å². The second-order valence-corrected chi connectivity index (χ2v) is 11.4. The van der Waals surface area contributed by atoms with Gasteiger partial charge < -0.3 is 5.11 Å². The second kappa shape index (κ2) is 7.35. The summed E-state index contributed by atoms with van der Waals surface area (Å²) in [7, 11) is 2.27. The molecule has 2 atom stereocenters. The molecule has 1 N–H and O–H groups in total. The molecule has 3 aliphatic rings. The number of hydrogen-bond donors (Lipinski definition) is 1. The Bertz CT molecular complexity index is 303. The van der Waals surface area contributed by atoms with Gasteiger partial charge in [-0.15, -0.1) is 0 Å². The molecule has 0 aromatic carbocycles. The Labute approximate surface area is 133 Å². The van der Waals surface area contributed by atoms with Crippen molar-refractivity contribution in [1.82, 2.24) is 0 Å². The van der Waals surface area contributed by atoms with Gasteiger partial charge in [0.15, 0.2) is 0 Å². The van der Waals surface area contributed by atoms with E-state index in [0.717, 1.165) is 29.8 Å². The molecule has 0 bridgehead atoms. The first kappa shape index (κ1) is 16.3. The van der Waals surface area contributed by atoms with Gasteiger partial charge in [-0.2, -0.15) is 0 Å². The van der Waals surface area contributed by atoms with Crippen LogP contribution in [-0.4, -0.2) is 35.4 Å². The third-order valence-corrected chi connectivity index (χ3v) is 10.3. The van der Waals surface area contributed by atoms with E-state index in [1.807, 2.05) is 0 Å². The Kier molecular flexibility index (Phi) is 5.71. The van der Waals surface area contributed by atoms with E-state index in [2.05, 4.69) is 7.85 Å². The van der Waals surface area contributed by atoms with Crippen molar-refractivity contribution < 1.29 is 5.11 Å². The lowest BCUT2D eigenvalue weighted by molar-refractivity contribution is 0.0872. The number of hydrogen-bond acceptors (Lipinski definition) is 1. The van der Waals surface area contributed by atoms with Crippen LogP contribution in [0.5, 0.6) is 0 Å². The normalized spacial score (nSPS) is 37.0. The van der Waals surface area contributed by atoms with Crippen molar-refractivity contribution in [3.63, 3.8) is 0 Å². The average Bonchev–Trinajstić information content (AvgIpc) is 2.49. The molecule has 3 rings (SSSR count). The molecule has 0 aromatic rings. The van der Waals surface area contributed by atoms with Crippen molar-refractivity contribution in [2.45, 2.75) is 112 Å². The van der Waals surface area contributed by atoms with Crippen LogP contribution in [0.1, 0.15) is 89.9 Å². The lowest BCUT2D eigenvalue weighted by atomic mass is 9.70. The van der Waals surface area contributed by atoms with Crippen molar-refractivity contribution in [3.05, 3.63) is 0 Å². The van der Waals surface area contributed by atoms with Gasteiger partial charge in [-0.05, 0) is 61.9 Å². The summed E-state index contributed by atoms with van der Waals surface area (Å²) in [6.07, 6.45) is 19.8. The van der Waals surface area contributed by atoms with E-state index in [1.165, 1.54) is 77.0 Å². The van der Waals surface area contributed by atoms with Crippen LogP contribution in [0.15, 0.2) is 0 Å². The van der Waals surface area contributed by atoms with Crippen molar-refractivity contribution in [3.8, 4) is 0 Å². The standard InChI is InChI=1S/C18H34BOP/c19-18(20)13-7-12-17(14-18)21(15-8-3-1-4-9-15)16-10-5-2-6-11-16/h15-17,20H,1-14,19H2. The molecular formula is C18H34BOP. The van der Waals surface area contributed by atoms with Crippen molar-refractivity contribution in [2.24, 2.45) is 0 Å². The third-order valence-electron chi connectivity index (χ3n) is 6.34. The molecule has 0 radical (unpaired) electrons. The largest absolute Gasteiger partial charge is 0.399 e. The van der Waals surface area contributed by atoms with Crippen LogP contribution in [-0.2, 0) is 0 Å². The fraction of sp³-hybridized carbons (Fsp3) is 1.00. The maximum Gasteiger partial charge on any atom is 0.142 e. The van der Waals surface area contributed by atoms with Crippen LogP contribution in [0.3, 0.4) is 0 Å². The van der Waals surface area contributed by atoms with E-state index >= 15 is 0 Å². The van der Waals surface area contributed by atoms with Crippen molar-refractivity contribution >= 4 is 15.8 Å². The van der Waals surface area contributed by atoms with Crippen molar-refractivity contribution in [1.29, 1.82) is 0 Å². The van der Waals surface area contributed by atoms with Gasteiger partial charge in [-0.1, -0.05) is 52.9 Å². The number of aliphatic hydroxyl groups is 1. The second-order valence-electron chi connectivity index (χ2n) is 8.28. The summed E-state index contributed by atoms with van der Waals surface area (Å²) >= 11 is 0. The van der Waals surface area contributed by atoms with Gasteiger partial charge in [0.25, 0.3) is 0 Å². The minimum atomic E-state index is -0.354. The fourth-order valence-electron chi connectivity index (χ4n) is 5.34. The van der Waals surface area contributed by atoms with E-state index in [1.54, 1.807) is 0 Å². The Hall–Kier alpha value is 0.455. The van der Waals surface area contributed by atoms with Gasteiger partial charge in [0, 0.05) is 5.50 Å². The molecule has 2 unspecified atom stereocenters. The predicted octanol–water partition coefficient (Wildman–Crippen LogP) is 4.40. The van der Waals surface area contributed by atoms with Gasteiger partial charge in [-0.3, -0.25) is 0 Å². The van der Waals surface area contributed by atoms with Crippen LogP contribution < -0.4 is 0 Å². The van der Waals surface area contributed by atoms with E-state index in [0.29, 0.717) is 0 Å². The van der Waals surface area contributed by atoms with Crippen molar-refractivity contribution in [2.75, 3.05) is 0 Å². The zero-order valence-corrected chi connectivity index (χ0v) is 14.9. The molecule has 0 amide bonds. The summed E-state index contributed by atoms with van der Waals surface area (Å²) in [5, 5.41) is 10.6. The molecule has 0 aliphatic heterocycles. The van der Waals surface area contributed by atoms with E-state index in [4.69, 9.17) is 0 Å².